The van der Waals surface area contributed by atoms with Crippen LogP contribution < -0.4 is 15.4 Å². The molecule has 0 saturated carbocycles. The second-order valence-corrected chi connectivity index (χ2v) is 3.89. The molecule has 7 heteroatoms. The fourth-order valence-electron chi connectivity index (χ4n) is 1.73. The fourth-order valence-corrected chi connectivity index (χ4v) is 1.73. The summed E-state index contributed by atoms with van der Waals surface area (Å²) in [5.41, 5.74) is 6.18. The maximum atomic E-state index is 12.4. The lowest BCUT2D eigenvalue weighted by atomic mass is 10.1. The van der Waals surface area contributed by atoms with E-state index in [4.69, 9.17) is 10.5 Å². The topological polar surface area (TPSA) is 55.6 Å². The molecule has 0 bridgehead atoms. The molecule has 1 aliphatic heterocycles. The standard InChI is InChI=1S/C11H11F3N2O2/c12-11(13,14)6-16-8-3-7(4-15)1-2-9(8)18-5-10(16)17/h1-3H,4-6,15H2. The van der Waals surface area contributed by atoms with E-state index in [1.807, 2.05) is 0 Å². The SMILES string of the molecule is NCc1ccc2c(c1)N(CC(F)(F)F)C(=O)CO2. The summed E-state index contributed by atoms with van der Waals surface area (Å²) in [6.45, 7) is -1.53. The van der Waals surface area contributed by atoms with Crippen molar-refractivity contribution in [3.63, 3.8) is 0 Å². The van der Waals surface area contributed by atoms with Crippen molar-refractivity contribution in [2.24, 2.45) is 5.73 Å². The van der Waals surface area contributed by atoms with Crippen LogP contribution in [0, 0.1) is 0 Å². The fraction of sp³-hybridized carbons (Fsp3) is 0.364. The van der Waals surface area contributed by atoms with Gasteiger partial charge in [0.05, 0.1) is 5.69 Å². The number of carbonyl (C=O) groups is 1. The summed E-state index contributed by atoms with van der Waals surface area (Å²) >= 11 is 0. The van der Waals surface area contributed by atoms with E-state index in [2.05, 4.69) is 0 Å². The van der Waals surface area contributed by atoms with Crippen LogP contribution in [0.3, 0.4) is 0 Å². The van der Waals surface area contributed by atoms with E-state index in [1.54, 1.807) is 6.07 Å². The van der Waals surface area contributed by atoms with Gasteiger partial charge in [-0.15, -0.1) is 0 Å². The van der Waals surface area contributed by atoms with Gasteiger partial charge in [0.2, 0.25) is 0 Å². The Hall–Kier alpha value is -1.76. The number of nitrogens with zero attached hydrogens (tertiary/aromatic N) is 1. The van der Waals surface area contributed by atoms with Crippen LogP contribution in [0.25, 0.3) is 0 Å². The molecule has 1 heterocycles. The van der Waals surface area contributed by atoms with Crippen molar-refractivity contribution in [1.29, 1.82) is 0 Å². The molecule has 1 aliphatic rings. The van der Waals surface area contributed by atoms with Gasteiger partial charge in [0, 0.05) is 6.54 Å². The number of benzene rings is 1. The number of hydrogen-bond acceptors (Lipinski definition) is 3. The molecule has 1 amide bonds. The highest BCUT2D eigenvalue weighted by Crippen LogP contribution is 2.34. The van der Waals surface area contributed by atoms with E-state index in [0.29, 0.717) is 10.5 Å². The van der Waals surface area contributed by atoms with Crippen LogP contribution in [0.5, 0.6) is 5.75 Å². The lowest BCUT2D eigenvalue weighted by Crippen LogP contribution is -2.44. The average molecular weight is 260 g/mol. The number of amides is 1. The summed E-state index contributed by atoms with van der Waals surface area (Å²) < 4.78 is 42.4. The number of ether oxygens (including phenoxy) is 1. The van der Waals surface area contributed by atoms with Gasteiger partial charge in [-0.2, -0.15) is 13.2 Å². The normalized spacial score (nSPS) is 15.3. The van der Waals surface area contributed by atoms with Crippen LogP contribution in [0.15, 0.2) is 18.2 Å². The molecule has 0 aromatic heterocycles. The number of fused-ring (bicyclic) bond motifs is 1. The van der Waals surface area contributed by atoms with E-state index in [1.165, 1.54) is 12.1 Å². The second kappa shape index (κ2) is 4.49. The van der Waals surface area contributed by atoms with E-state index in [0.717, 1.165) is 0 Å². The highest BCUT2D eigenvalue weighted by Gasteiger charge is 2.36. The van der Waals surface area contributed by atoms with Crippen molar-refractivity contribution in [2.45, 2.75) is 12.7 Å². The third-order valence-electron chi connectivity index (χ3n) is 2.54. The second-order valence-electron chi connectivity index (χ2n) is 3.89. The van der Waals surface area contributed by atoms with Crippen molar-refractivity contribution >= 4 is 11.6 Å². The van der Waals surface area contributed by atoms with Crippen molar-refractivity contribution in [2.75, 3.05) is 18.1 Å². The molecule has 1 aromatic rings. The molecule has 4 nitrogen and oxygen atoms in total. The Morgan fingerprint density at radius 3 is 2.72 bits per heavy atom. The van der Waals surface area contributed by atoms with Gasteiger partial charge in [-0.3, -0.25) is 9.69 Å². The molecule has 18 heavy (non-hydrogen) atoms. The largest absolute Gasteiger partial charge is 0.482 e. The van der Waals surface area contributed by atoms with Gasteiger partial charge in [-0.1, -0.05) is 6.07 Å². The minimum atomic E-state index is -4.46. The Balaban J connectivity index is 2.39. The Bertz CT molecular complexity index is 474. The molecule has 0 aliphatic carbocycles. The Morgan fingerprint density at radius 2 is 2.11 bits per heavy atom. The summed E-state index contributed by atoms with van der Waals surface area (Å²) in [6, 6.07) is 4.62. The van der Waals surface area contributed by atoms with Crippen LogP contribution in [0.1, 0.15) is 5.56 Å². The summed E-state index contributed by atoms with van der Waals surface area (Å²) in [7, 11) is 0. The quantitative estimate of drug-likeness (QED) is 0.875. The lowest BCUT2D eigenvalue weighted by Gasteiger charge is -2.30. The highest BCUT2D eigenvalue weighted by molar-refractivity contribution is 5.98. The van der Waals surface area contributed by atoms with E-state index >= 15 is 0 Å². The minimum Gasteiger partial charge on any atom is -0.482 e. The maximum Gasteiger partial charge on any atom is 0.406 e. The van der Waals surface area contributed by atoms with Gasteiger partial charge >= 0.3 is 6.18 Å². The lowest BCUT2D eigenvalue weighted by molar-refractivity contribution is -0.134. The third-order valence-corrected chi connectivity index (χ3v) is 2.54. The maximum absolute atomic E-state index is 12.4. The predicted octanol–water partition coefficient (Wildman–Crippen LogP) is 1.43. The molecule has 98 valence electrons. The first-order valence-electron chi connectivity index (χ1n) is 5.23. The summed E-state index contributed by atoms with van der Waals surface area (Å²) in [5.74, 6) is -0.454. The first-order valence-corrected chi connectivity index (χ1v) is 5.23. The van der Waals surface area contributed by atoms with E-state index < -0.39 is 18.6 Å². The zero-order chi connectivity index (χ0) is 13.3. The molecular weight excluding hydrogens is 249 g/mol. The van der Waals surface area contributed by atoms with E-state index in [9.17, 15) is 18.0 Å². The molecule has 0 saturated heterocycles. The summed E-state index contributed by atoms with van der Waals surface area (Å²) in [4.78, 5) is 12.2. The van der Waals surface area contributed by atoms with Crippen molar-refractivity contribution in [1.82, 2.24) is 0 Å². The highest BCUT2D eigenvalue weighted by atomic mass is 19.4. The number of anilines is 1. The molecule has 2 rings (SSSR count). The van der Waals surface area contributed by atoms with Crippen molar-refractivity contribution in [3.05, 3.63) is 23.8 Å². The van der Waals surface area contributed by atoms with Crippen molar-refractivity contribution < 1.29 is 22.7 Å². The van der Waals surface area contributed by atoms with E-state index in [-0.39, 0.29) is 24.6 Å². The first kappa shape index (κ1) is 12.7. The molecule has 0 unspecified atom stereocenters. The molecule has 0 radical (unpaired) electrons. The number of rotatable bonds is 2. The van der Waals surface area contributed by atoms with Gasteiger partial charge in [0.15, 0.2) is 6.61 Å². The average Bonchev–Trinajstić information content (AvgIpc) is 2.31. The Morgan fingerprint density at radius 1 is 1.39 bits per heavy atom. The van der Waals surface area contributed by atoms with Gasteiger partial charge in [0.25, 0.3) is 5.91 Å². The van der Waals surface area contributed by atoms with Crippen LogP contribution in [-0.4, -0.2) is 25.2 Å². The summed E-state index contributed by atoms with van der Waals surface area (Å²) in [6.07, 6.45) is -4.46. The molecule has 0 fully saturated rings. The van der Waals surface area contributed by atoms with Crippen LogP contribution in [0.4, 0.5) is 18.9 Å². The molecule has 1 aromatic carbocycles. The zero-order valence-corrected chi connectivity index (χ0v) is 9.33. The van der Waals surface area contributed by atoms with Gasteiger partial charge in [-0.25, -0.2) is 0 Å². The zero-order valence-electron chi connectivity index (χ0n) is 9.33. The molecule has 0 spiro atoms. The number of nitrogens with two attached hydrogens (primary N) is 1. The monoisotopic (exact) mass is 260 g/mol. The number of alkyl halides is 3. The molecule has 0 atom stereocenters. The predicted molar refractivity (Wildman–Crippen MR) is 58.2 cm³/mol. The summed E-state index contributed by atoms with van der Waals surface area (Å²) in [5, 5.41) is 0. The van der Waals surface area contributed by atoms with Crippen LogP contribution in [-0.2, 0) is 11.3 Å². The third kappa shape index (κ3) is 2.56. The molecular formula is C11H11F3N2O2. The number of halogens is 3. The first-order chi connectivity index (χ1) is 8.40. The van der Waals surface area contributed by atoms with Gasteiger partial charge in [-0.05, 0) is 17.7 Å². The number of hydrogen-bond donors (Lipinski definition) is 1. The smallest absolute Gasteiger partial charge is 0.406 e. The minimum absolute atomic E-state index is 0.117. The number of carbonyl (C=O) groups excluding carboxylic acids is 1. The Kier molecular flexibility index (Phi) is 3.16. The van der Waals surface area contributed by atoms with Gasteiger partial charge < -0.3 is 10.5 Å². The van der Waals surface area contributed by atoms with Crippen LogP contribution in [0.2, 0.25) is 0 Å². The Labute approximate surface area is 101 Å². The van der Waals surface area contributed by atoms with Crippen LogP contribution >= 0.6 is 0 Å². The van der Waals surface area contributed by atoms with Crippen molar-refractivity contribution in [3.8, 4) is 5.75 Å². The van der Waals surface area contributed by atoms with Gasteiger partial charge in [0.1, 0.15) is 12.3 Å². The molecule has 2 N–H and O–H groups in total.